The van der Waals surface area contributed by atoms with Gasteiger partial charge in [0.2, 0.25) is 5.91 Å². The number of anilines is 1. The number of benzene rings is 3. The molecule has 0 bridgehead atoms. The Morgan fingerprint density at radius 1 is 0.903 bits per heavy atom. The first-order valence-electron chi connectivity index (χ1n) is 10.4. The quantitative estimate of drug-likeness (QED) is 0.627. The van der Waals surface area contributed by atoms with E-state index in [4.69, 9.17) is 0 Å². The number of nitrogens with one attached hydrogen (secondary N) is 2. The van der Waals surface area contributed by atoms with Crippen molar-refractivity contribution >= 4 is 38.2 Å². The van der Waals surface area contributed by atoms with Crippen molar-refractivity contribution in [1.29, 1.82) is 0 Å². The van der Waals surface area contributed by atoms with Crippen molar-refractivity contribution in [2.24, 2.45) is 4.99 Å². The van der Waals surface area contributed by atoms with E-state index in [9.17, 15) is 13.2 Å². The van der Waals surface area contributed by atoms with Gasteiger partial charge in [-0.25, -0.2) is 8.42 Å². The van der Waals surface area contributed by atoms with Gasteiger partial charge in [0, 0.05) is 18.7 Å². The van der Waals surface area contributed by atoms with Crippen LogP contribution in [0, 0.1) is 0 Å². The number of carbonyl (C=O) groups excluding carboxylic acids is 1. The maximum absolute atomic E-state index is 12.6. The molecule has 0 atom stereocenters. The molecule has 0 saturated carbocycles. The van der Waals surface area contributed by atoms with Gasteiger partial charge in [0.25, 0.3) is 10.0 Å². The summed E-state index contributed by atoms with van der Waals surface area (Å²) in [6.07, 6.45) is 3.86. The second kappa shape index (κ2) is 9.31. The van der Waals surface area contributed by atoms with E-state index >= 15 is 0 Å². The maximum Gasteiger partial charge on any atom is 0.262 e. The summed E-state index contributed by atoms with van der Waals surface area (Å²) in [6, 6.07) is 20.1. The average Bonchev–Trinajstić information content (AvgIpc) is 3.02. The predicted octanol–water partition coefficient (Wildman–Crippen LogP) is 4.27. The van der Waals surface area contributed by atoms with Crippen LogP contribution in [-0.4, -0.2) is 26.7 Å². The van der Waals surface area contributed by atoms with Crippen LogP contribution in [0.5, 0.6) is 0 Å². The monoisotopic (exact) mass is 435 g/mol. The summed E-state index contributed by atoms with van der Waals surface area (Å²) in [4.78, 5) is 16.9. The van der Waals surface area contributed by atoms with Crippen molar-refractivity contribution in [3.8, 4) is 0 Å². The van der Waals surface area contributed by atoms with Crippen molar-refractivity contribution in [2.45, 2.75) is 37.0 Å². The lowest BCUT2D eigenvalue weighted by Crippen LogP contribution is -2.30. The van der Waals surface area contributed by atoms with Gasteiger partial charge in [0.1, 0.15) is 5.84 Å². The Labute approximate surface area is 182 Å². The Bertz CT molecular complexity index is 1220. The molecular weight excluding hydrogens is 410 g/mol. The molecular formula is C24H25N3O3S. The van der Waals surface area contributed by atoms with Crippen molar-refractivity contribution in [1.82, 2.24) is 4.72 Å². The van der Waals surface area contributed by atoms with Crippen molar-refractivity contribution in [2.75, 3.05) is 11.9 Å². The minimum atomic E-state index is -3.68. The van der Waals surface area contributed by atoms with Crippen molar-refractivity contribution in [3.63, 3.8) is 0 Å². The Kier molecular flexibility index (Phi) is 6.32. The summed E-state index contributed by atoms with van der Waals surface area (Å²) in [5.41, 5.74) is 1.47. The Morgan fingerprint density at radius 2 is 1.68 bits per heavy atom. The van der Waals surface area contributed by atoms with Crippen LogP contribution in [-0.2, 0) is 21.2 Å². The minimum absolute atomic E-state index is 0.145. The molecule has 160 valence electrons. The van der Waals surface area contributed by atoms with Crippen LogP contribution in [0.4, 0.5) is 5.69 Å². The molecule has 0 fully saturated rings. The largest absolute Gasteiger partial charge is 0.326 e. The lowest BCUT2D eigenvalue weighted by Gasteiger charge is -2.11. The van der Waals surface area contributed by atoms with Crippen LogP contribution < -0.4 is 10.0 Å². The third-order valence-electron chi connectivity index (χ3n) is 5.25. The van der Waals surface area contributed by atoms with Gasteiger partial charge in [-0.2, -0.15) is 0 Å². The summed E-state index contributed by atoms with van der Waals surface area (Å²) in [7, 11) is -3.68. The number of amidine groups is 1. The highest BCUT2D eigenvalue weighted by atomic mass is 32.2. The van der Waals surface area contributed by atoms with Crippen LogP contribution in [0.25, 0.3) is 10.8 Å². The first-order chi connectivity index (χ1) is 15.0. The SMILES string of the molecule is O=C(Cc1ccc2ccccc2c1)Nc1ccc(S(=O)(=O)NC2=NCCCCC2)cc1. The van der Waals surface area contributed by atoms with Gasteiger partial charge in [0.15, 0.2) is 0 Å². The van der Waals surface area contributed by atoms with E-state index in [0.29, 0.717) is 24.5 Å². The maximum atomic E-state index is 12.6. The second-order valence-corrected chi connectivity index (χ2v) is 9.36. The number of carbonyl (C=O) groups is 1. The van der Waals surface area contributed by atoms with E-state index in [1.54, 1.807) is 12.1 Å². The molecule has 0 saturated heterocycles. The van der Waals surface area contributed by atoms with Crippen LogP contribution in [0.2, 0.25) is 0 Å². The Morgan fingerprint density at radius 3 is 2.48 bits per heavy atom. The minimum Gasteiger partial charge on any atom is -0.326 e. The molecule has 1 amide bonds. The van der Waals surface area contributed by atoms with Gasteiger partial charge < -0.3 is 5.32 Å². The molecule has 1 aliphatic heterocycles. The standard InChI is InChI=1S/C24H25N3O3S/c28-24(17-18-9-10-19-6-3-4-7-20(19)16-18)26-21-11-13-22(14-12-21)31(29,30)27-23-8-2-1-5-15-25-23/h3-4,6-7,9-14,16H,1-2,5,8,15,17H2,(H,25,27)(H,26,28). The molecule has 3 aromatic carbocycles. The number of sulfonamides is 1. The zero-order chi connectivity index (χ0) is 21.7. The topological polar surface area (TPSA) is 87.6 Å². The predicted molar refractivity (Wildman–Crippen MR) is 124 cm³/mol. The van der Waals surface area contributed by atoms with Gasteiger partial charge in [-0.3, -0.25) is 14.5 Å². The van der Waals surface area contributed by atoms with Gasteiger partial charge >= 0.3 is 0 Å². The third kappa shape index (κ3) is 5.49. The van der Waals surface area contributed by atoms with Crippen LogP contribution in [0.3, 0.4) is 0 Å². The van der Waals surface area contributed by atoms with Gasteiger partial charge in [0.05, 0.1) is 11.3 Å². The zero-order valence-corrected chi connectivity index (χ0v) is 18.0. The van der Waals surface area contributed by atoms with E-state index in [1.807, 2.05) is 42.5 Å². The highest BCUT2D eigenvalue weighted by molar-refractivity contribution is 7.90. The number of aliphatic imine (C=N–C) groups is 1. The van der Waals surface area contributed by atoms with Crippen molar-refractivity contribution in [3.05, 3.63) is 72.3 Å². The Hall–Kier alpha value is -3.19. The van der Waals surface area contributed by atoms with Crippen molar-refractivity contribution < 1.29 is 13.2 Å². The summed E-state index contributed by atoms with van der Waals surface area (Å²) >= 11 is 0. The molecule has 3 aromatic rings. The van der Waals surface area contributed by atoms with Crippen LogP contribution >= 0.6 is 0 Å². The average molecular weight is 436 g/mol. The van der Waals surface area contributed by atoms with E-state index in [0.717, 1.165) is 35.6 Å². The fourth-order valence-corrected chi connectivity index (χ4v) is 4.72. The molecule has 1 heterocycles. The normalized spacial score (nSPS) is 14.5. The van der Waals surface area contributed by atoms with E-state index < -0.39 is 10.0 Å². The highest BCUT2D eigenvalue weighted by Crippen LogP contribution is 2.18. The number of nitrogens with zero attached hydrogens (tertiary/aromatic N) is 1. The van der Waals surface area contributed by atoms with E-state index in [1.165, 1.54) is 12.1 Å². The Balaban J connectivity index is 1.39. The highest BCUT2D eigenvalue weighted by Gasteiger charge is 2.17. The molecule has 7 heteroatoms. The van der Waals surface area contributed by atoms with Gasteiger partial charge in [-0.1, -0.05) is 48.9 Å². The number of fused-ring (bicyclic) bond motifs is 1. The fraction of sp³-hybridized carbons (Fsp3) is 0.250. The fourth-order valence-electron chi connectivity index (χ4n) is 3.63. The zero-order valence-electron chi connectivity index (χ0n) is 17.2. The van der Waals surface area contributed by atoms with Crippen LogP contribution in [0.15, 0.2) is 76.6 Å². The number of hydrogen-bond acceptors (Lipinski definition) is 4. The summed E-state index contributed by atoms with van der Waals surface area (Å²) in [5.74, 6) is 0.363. The molecule has 1 aliphatic rings. The summed E-state index contributed by atoms with van der Waals surface area (Å²) in [6.45, 7) is 0.653. The molecule has 31 heavy (non-hydrogen) atoms. The summed E-state index contributed by atoms with van der Waals surface area (Å²) in [5, 5.41) is 5.05. The summed E-state index contributed by atoms with van der Waals surface area (Å²) < 4.78 is 27.8. The third-order valence-corrected chi connectivity index (χ3v) is 6.65. The van der Waals surface area contributed by atoms with Crippen LogP contribution in [0.1, 0.15) is 31.2 Å². The lowest BCUT2D eigenvalue weighted by atomic mass is 10.0. The first-order valence-corrected chi connectivity index (χ1v) is 11.9. The molecule has 0 radical (unpaired) electrons. The van der Waals surface area contributed by atoms with Gasteiger partial charge in [-0.15, -0.1) is 0 Å². The molecule has 2 N–H and O–H groups in total. The first kappa shape index (κ1) is 21.1. The molecule has 0 aromatic heterocycles. The molecule has 0 spiro atoms. The molecule has 6 nitrogen and oxygen atoms in total. The van der Waals surface area contributed by atoms with E-state index in [2.05, 4.69) is 15.0 Å². The van der Waals surface area contributed by atoms with Gasteiger partial charge in [-0.05, 0) is 53.4 Å². The molecule has 4 rings (SSSR count). The van der Waals surface area contributed by atoms with E-state index in [-0.39, 0.29) is 17.2 Å². The molecule has 0 unspecified atom stereocenters. The number of hydrogen-bond donors (Lipinski definition) is 2. The number of rotatable bonds is 5. The number of amides is 1. The second-order valence-electron chi connectivity index (χ2n) is 7.68. The smallest absolute Gasteiger partial charge is 0.262 e. The lowest BCUT2D eigenvalue weighted by molar-refractivity contribution is -0.115. The molecule has 0 aliphatic carbocycles.